The zero-order valence-electron chi connectivity index (χ0n) is 11.5. The van der Waals surface area contributed by atoms with Gasteiger partial charge in [-0.1, -0.05) is 6.07 Å². The molecule has 0 saturated carbocycles. The van der Waals surface area contributed by atoms with E-state index < -0.39 is 16.9 Å². The first-order valence-corrected chi connectivity index (χ1v) is 6.25. The SMILES string of the molecule is CCOC(=O)C(N)CCOc1cc(C)ccc1[N+](=O)[O-]. The largest absolute Gasteiger partial charge is 0.487 e. The number of ether oxygens (including phenoxy) is 2. The van der Waals surface area contributed by atoms with Crippen LogP contribution < -0.4 is 10.5 Å². The van der Waals surface area contributed by atoms with E-state index in [0.29, 0.717) is 0 Å². The minimum absolute atomic E-state index is 0.101. The van der Waals surface area contributed by atoms with Crippen molar-refractivity contribution in [3.05, 3.63) is 33.9 Å². The Labute approximate surface area is 116 Å². The Morgan fingerprint density at radius 2 is 2.20 bits per heavy atom. The van der Waals surface area contributed by atoms with Crippen molar-refractivity contribution >= 4 is 11.7 Å². The van der Waals surface area contributed by atoms with Crippen molar-refractivity contribution in [1.82, 2.24) is 0 Å². The smallest absolute Gasteiger partial charge is 0.323 e. The molecule has 7 heteroatoms. The second-order valence-corrected chi connectivity index (χ2v) is 4.22. The number of carbonyl (C=O) groups is 1. The molecule has 2 N–H and O–H groups in total. The lowest BCUT2D eigenvalue weighted by molar-refractivity contribution is -0.385. The highest BCUT2D eigenvalue weighted by Crippen LogP contribution is 2.27. The van der Waals surface area contributed by atoms with Crippen LogP contribution in [0, 0.1) is 17.0 Å². The number of aryl methyl sites for hydroxylation is 1. The molecule has 0 saturated heterocycles. The van der Waals surface area contributed by atoms with E-state index in [1.165, 1.54) is 6.07 Å². The molecule has 110 valence electrons. The molecule has 0 aliphatic carbocycles. The number of rotatable bonds is 7. The van der Waals surface area contributed by atoms with E-state index >= 15 is 0 Å². The molecule has 1 unspecified atom stereocenters. The summed E-state index contributed by atoms with van der Waals surface area (Å²) in [6.45, 7) is 3.86. The number of esters is 1. The molecule has 0 radical (unpaired) electrons. The quantitative estimate of drug-likeness (QED) is 0.462. The number of hydrogen-bond acceptors (Lipinski definition) is 6. The molecule has 0 spiro atoms. The van der Waals surface area contributed by atoms with E-state index in [4.69, 9.17) is 15.2 Å². The highest BCUT2D eigenvalue weighted by Gasteiger charge is 2.17. The number of carbonyl (C=O) groups excluding carboxylic acids is 1. The van der Waals surface area contributed by atoms with Crippen LogP contribution in [0.4, 0.5) is 5.69 Å². The standard InChI is InChI=1S/C13H18N2O5/c1-3-19-13(16)10(14)6-7-20-12-8-9(2)4-5-11(12)15(17)18/h4-5,8,10H,3,6-7,14H2,1-2H3. The van der Waals surface area contributed by atoms with Crippen molar-refractivity contribution in [2.75, 3.05) is 13.2 Å². The van der Waals surface area contributed by atoms with Gasteiger partial charge in [0.1, 0.15) is 6.04 Å². The van der Waals surface area contributed by atoms with Gasteiger partial charge >= 0.3 is 11.7 Å². The van der Waals surface area contributed by atoms with Gasteiger partial charge in [-0.15, -0.1) is 0 Å². The van der Waals surface area contributed by atoms with Crippen LogP contribution in [0.15, 0.2) is 18.2 Å². The van der Waals surface area contributed by atoms with Crippen LogP contribution in [0.3, 0.4) is 0 Å². The van der Waals surface area contributed by atoms with Crippen LogP contribution >= 0.6 is 0 Å². The van der Waals surface area contributed by atoms with E-state index in [9.17, 15) is 14.9 Å². The first-order chi connectivity index (χ1) is 9.45. The highest BCUT2D eigenvalue weighted by atomic mass is 16.6. The Kier molecular flexibility index (Phi) is 5.92. The molecule has 0 bridgehead atoms. The summed E-state index contributed by atoms with van der Waals surface area (Å²) in [5.74, 6) is -0.332. The topological polar surface area (TPSA) is 105 Å². The van der Waals surface area contributed by atoms with Crippen molar-refractivity contribution in [2.24, 2.45) is 5.73 Å². The maximum atomic E-state index is 11.3. The summed E-state index contributed by atoms with van der Waals surface area (Å²) in [4.78, 5) is 21.6. The third kappa shape index (κ3) is 4.51. The lowest BCUT2D eigenvalue weighted by Gasteiger charge is -2.11. The predicted molar refractivity (Wildman–Crippen MR) is 72.6 cm³/mol. The Bertz CT molecular complexity index is 490. The van der Waals surface area contributed by atoms with E-state index in [0.717, 1.165) is 5.56 Å². The molecule has 0 aliphatic heterocycles. The molecular weight excluding hydrogens is 264 g/mol. The third-order valence-electron chi connectivity index (χ3n) is 2.59. The van der Waals surface area contributed by atoms with Gasteiger partial charge in [0, 0.05) is 12.5 Å². The minimum Gasteiger partial charge on any atom is -0.487 e. The maximum absolute atomic E-state index is 11.3. The van der Waals surface area contributed by atoms with Gasteiger partial charge in [-0.2, -0.15) is 0 Å². The van der Waals surface area contributed by atoms with Gasteiger partial charge in [-0.3, -0.25) is 14.9 Å². The fourth-order valence-corrected chi connectivity index (χ4v) is 1.55. The van der Waals surface area contributed by atoms with Crippen LogP contribution in [0.1, 0.15) is 18.9 Å². The molecular formula is C13H18N2O5. The number of nitrogens with two attached hydrogens (primary N) is 1. The van der Waals surface area contributed by atoms with E-state index in [1.807, 2.05) is 0 Å². The van der Waals surface area contributed by atoms with Gasteiger partial charge in [-0.25, -0.2) is 0 Å². The second-order valence-electron chi connectivity index (χ2n) is 4.22. The zero-order valence-corrected chi connectivity index (χ0v) is 11.5. The van der Waals surface area contributed by atoms with Crippen LogP contribution in [-0.2, 0) is 9.53 Å². The fourth-order valence-electron chi connectivity index (χ4n) is 1.55. The number of benzene rings is 1. The summed E-state index contributed by atoms with van der Waals surface area (Å²) in [5.41, 5.74) is 6.34. The van der Waals surface area contributed by atoms with Gasteiger partial charge in [-0.05, 0) is 25.5 Å². The molecule has 1 rings (SSSR count). The molecule has 0 aliphatic rings. The Morgan fingerprint density at radius 3 is 2.80 bits per heavy atom. The number of hydrogen-bond donors (Lipinski definition) is 1. The zero-order chi connectivity index (χ0) is 15.1. The van der Waals surface area contributed by atoms with E-state index in [1.54, 1.807) is 26.0 Å². The Morgan fingerprint density at radius 1 is 1.50 bits per heavy atom. The maximum Gasteiger partial charge on any atom is 0.323 e. The molecule has 7 nitrogen and oxygen atoms in total. The number of nitro groups is 1. The molecule has 0 fully saturated rings. The van der Waals surface area contributed by atoms with Crippen molar-refractivity contribution < 1.29 is 19.2 Å². The first kappa shape index (κ1) is 15.9. The summed E-state index contributed by atoms with van der Waals surface area (Å²) in [7, 11) is 0. The highest BCUT2D eigenvalue weighted by molar-refractivity contribution is 5.75. The molecule has 0 heterocycles. The fraction of sp³-hybridized carbons (Fsp3) is 0.462. The van der Waals surface area contributed by atoms with Crippen molar-refractivity contribution in [2.45, 2.75) is 26.3 Å². The summed E-state index contributed by atoms with van der Waals surface area (Å²) in [5, 5.41) is 10.9. The third-order valence-corrected chi connectivity index (χ3v) is 2.59. The Balaban J connectivity index is 2.59. The summed E-state index contributed by atoms with van der Waals surface area (Å²) in [6.07, 6.45) is 0.226. The molecule has 1 aromatic rings. The predicted octanol–water partition coefficient (Wildman–Crippen LogP) is 1.56. The molecule has 1 atom stereocenters. The van der Waals surface area contributed by atoms with Gasteiger partial charge in [0.25, 0.3) is 0 Å². The monoisotopic (exact) mass is 282 g/mol. The van der Waals surface area contributed by atoms with Crippen LogP contribution in [0.2, 0.25) is 0 Å². The van der Waals surface area contributed by atoms with Gasteiger partial charge < -0.3 is 15.2 Å². The second kappa shape index (κ2) is 7.44. The average molecular weight is 282 g/mol. The van der Waals surface area contributed by atoms with Crippen molar-refractivity contribution in [3.8, 4) is 5.75 Å². The van der Waals surface area contributed by atoms with Crippen LogP contribution in [-0.4, -0.2) is 30.1 Å². The van der Waals surface area contributed by atoms with Gasteiger partial charge in [0.2, 0.25) is 0 Å². The lowest BCUT2D eigenvalue weighted by atomic mass is 10.2. The minimum atomic E-state index is -0.793. The molecule has 0 aromatic heterocycles. The molecule has 1 aromatic carbocycles. The number of nitrogens with zero attached hydrogens (tertiary/aromatic N) is 1. The molecule has 0 amide bonds. The van der Waals surface area contributed by atoms with Crippen LogP contribution in [0.5, 0.6) is 5.75 Å². The van der Waals surface area contributed by atoms with Crippen molar-refractivity contribution in [3.63, 3.8) is 0 Å². The first-order valence-electron chi connectivity index (χ1n) is 6.25. The normalized spacial score (nSPS) is 11.8. The number of nitro benzene ring substituents is 1. The summed E-state index contributed by atoms with van der Waals surface area (Å²) < 4.78 is 10.1. The van der Waals surface area contributed by atoms with E-state index in [-0.39, 0.29) is 31.1 Å². The van der Waals surface area contributed by atoms with Crippen molar-refractivity contribution in [1.29, 1.82) is 0 Å². The summed E-state index contributed by atoms with van der Waals surface area (Å²) >= 11 is 0. The van der Waals surface area contributed by atoms with E-state index in [2.05, 4.69) is 0 Å². The Hall–Kier alpha value is -2.15. The molecule has 20 heavy (non-hydrogen) atoms. The van der Waals surface area contributed by atoms with Crippen LogP contribution in [0.25, 0.3) is 0 Å². The van der Waals surface area contributed by atoms with Gasteiger partial charge in [0.15, 0.2) is 5.75 Å². The lowest BCUT2D eigenvalue weighted by Crippen LogP contribution is -2.33. The van der Waals surface area contributed by atoms with Gasteiger partial charge in [0.05, 0.1) is 18.1 Å². The summed E-state index contributed by atoms with van der Waals surface area (Å²) in [6, 6.07) is 3.80. The average Bonchev–Trinajstić information content (AvgIpc) is 2.38.